The van der Waals surface area contributed by atoms with Gasteiger partial charge in [-0.1, -0.05) is 23.7 Å². The minimum absolute atomic E-state index is 0.0286. The van der Waals surface area contributed by atoms with Gasteiger partial charge in [0.25, 0.3) is 0 Å². The molecule has 1 N–H and O–H groups in total. The maximum atomic E-state index is 12.4. The number of rotatable bonds is 5. The second kappa shape index (κ2) is 7.58. The topological polar surface area (TPSA) is 56.2 Å². The first kappa shape index (κ1) is 18.0. The molecule has 0 unspecified atom stereocenters. The summed E-state index contributed by atoms with van der Waals surface area (Å²) in [5.41, 5.74) is 2.94. The van der Waals surface area contributed by atoms with E-state index in [-0.39, 0.29) is 17.9 Å². The van der Waals surface area contributed by atoms with Gasteiger partial charge in [-0.2, -0.15) is 5.10 Å². The molecular formula is C19H24ClN3O2. The Kier molecular flexibility index (Phi) is 5.45. The zero-order chi connectivity index (χ0) is 17.9. The van der Waals surface area contributed by atoms with Gasteiger partial charge in [0.15, 0.2) is 0 Å². The summed E-state index contributed by atoms with van der Waals surface area (Å²) in [6, 6.07) is 9.90. The van der Waals surface area contributed by atoms with Gasteiger partial charge in [0, 0.05) is 35.9 Å². The van der Waals surface area contributed by atoms with Crippen molar-refractivity contribution in [1.82, 2.24) is 15.1 Å². The van der Waals surface area contributed by atoms with Gasteiger partial charge in [-0.05, 0) is 50.5 Å². The van der Waals surface area contributed by atoms with Crippen LogP contribution in [0.2, 0.25) is 5.02 Å². The van der Waals surface area contributed by atoms with Crippen LogP contribution in [0.5, 0.6) is 0 Å². The molecule has 6 heteroatoms. The summed E-state index contributed by atoms with van der Waals surface area (Å²) >= 11 is 6.19. The van der Waals surface area contributed by atoms with Crippen molar-refractivity contribution >= 4 is 17.5 Å². The number of hydrogen-bond acceptors (Lipinski definition) is 3. The van der Waals surface area contributed by atoms with Crippen LogP contribution in [0.15, 0.2) is 30.3 Å². The van der Waals surface area contributed by atoms with Crippen molar-refractivity contribution in [3.8, 4) is 0 Å². The average molecular weight is 362 g/mol. The van der Waals surface area contributed by atoms with Gasteiger partial charge in [0.1, 0.15) is 6.54 Å². The molecule has 1 saturated heterocycles. The molecule has 1 amide bonds. The van der Waals surface area contributed by atoms with Crippen LogP contribution >= 0.6 is 11.6 Å². The van der Waals surface area contributed by atoms with E-state index >= 15 is 0 Å². The highest BCUT2D eigenvalue weighted by Gasteiger charge is 2.35. The normalized spacial score (nSPS) is 16.6. The van der Waals surface area contributed by atoms with Crippen molar-refractivity contribution in [3.63, 3.8) is 0 Å². The molecule has 0 radical (unpaired) electrons. The Morgan fingerprint density at radius 3 is 2.72 bits per heavy atom. The molecule has 0 atom stereocenters. The lowest BCUT2D eigenvalue weighted by Gasteiger charge is -2.38. The average Bonchev–Trinajstić information content (AvgIpc) is 2.91. The molecule has 0 bridgehead atoms. The number of aryl methyl sites for hydroxylation is 2. The molecule has 0 aliphatic carbocycles. The van der Waals surface area contributed by atoms with E-state index in [1.807, 2.05) is 38.1 Å². The number of aromatic nitrogens is 2. The maximum Gasteiger partial charge on any atom is 0.241 e. The highest BCUT2D eigenvalue weighted by Crippen LogP contribution is 2.35. The smallest absolute Gasteiger partial charge is 0.241 e. The molecule has 2 aromatic rings. The van der Waals surface area contributed by atoms with Crippen LogP contribution in [-0.2, 0) is 21.5 Å². The van der Waals surface area contributed by atoms with Gasteiger partial charge in [-0.3, -0.25) is 9.48 Å². The predicted octanol–water partition coefficient (Wildman–Crippen LogP) is 3.02. The molecule has 134 valence electrons. The molecule has 2 heterocycles. The summed E-state index contributed by atoms with van der Waals surface area (Å²) in [6.45, 7) is 6.09. The summed E-state index contributed by atoms with van der Waals surface area (Å²) in [6.07, 6.45) is 1.74. The number of hydrogen-bond donors (Lipinski definition) is 1. The van der Waals surface area contributed by atoms with Gasteiger partial charge < -0.3 is 10.1 Å². The lowest BCUT2D eigenvalue weighted by atomic mass is 9.74. The van der Waals surface area contributed by atoms with Gasteiger partial charge >= 0.3 is 0 Å². The second-order valence-electron chi connectivity index (χ2n) is 6.76. The molecule has 3 rings (SSSR count). The van der Waals surface area contributed by atoms with Crippen LogP contribution in [-0.4, -0.2) is 35.4 Å². The van der Waals surface area contributed by atoms with Crippen LogP contribution in [0, 0.1) is 13.8 Å². The summed E-state index contributed by atoms with van der Waals surface area (Å²) in [5, 5.41) is 8.17. The maximum absolute atomic E-state index is 12.4. The Bertz CT molecular complexity index is 751. The molecule has 25 heavy (non-hydrogen) atoms. The molecule has 1 aromatic carbocycles. The van der Waals surface area contributed by atoms with Gasteiger partial charge in [-0.15, -0.1) is 0 Å². The fraction of sp³-hybridized carbons (Fsp3) is 0.474. The van der Waals surface area contributed by atoms with Crippen LogP contribution in [0.3, 0.4) is 0 Å². The van der Waals surface area contributed by atoms with E-state index in [2.05, 4.69) is 16.5 Å². The minimum Gasteiger partial charge on any atom is -0.381 e. The number of carbonyl (C=O) groups excluding carboxylic acids is 1. The Hall–Kier alpha value is -1.85. The van der Waals surface area contributed by atoms with Crippen molar-refractivity contribution < 1.29 is 9.53 Å². The van der Waals surface area contributed by atoms with E-state index < -0.39 is 0 Å². The van der Waals surface area contributed by atoms with Crippen molar-refractivity contribution in [1.29, 1.82) is 0 Å². The second-order valence-corrected chi connectivity index (χ2v) is 7.20. The van der Waals surface area contributed by atoms with E-state index in [1.165, 1.54) is 0 Å². The lowest BCUT2D eigenvalue weighted by Crippen LogP contribution is -2.45. The van der Waals surface area contributed by atoms with Crippen LogP contribution < -0.4 is 5.32 Å². The molecule has 0 spiro atoms. The SMILES string of the molecule is Cc1cc(C)n(CC(=O)NCC2(c3cccc(Cl)c3)CCOCC2)n1. The van der Waals surface area contributed by atoms with Crippen molar-refractivity contribution in [2.24, 2.45) is 0 Å². The van der Waals surface area contributed by atoms with Crippen molar-refractivity contribution in [2.75, 3.05) is 19.8 Å². The van der Waals surface area contributed by atoms with Crippen molar-refractivity contribution in [2.45, 2.75) is 38.6 Å². The number of amides is 1. The van der Waals surface area contributed by atoms with Gasteiger partial charge in [-0.25, -0.2) is 0 Å². The number of ether oxygens (including phenoxy) is 1. The highest BCUT2D eigenvalue weighted by atomic mass is 35.5. The molecule has 0 saturated carbocycles. The zero-order valence-electron chi connectivity index (χ0n) is 14.7. The van der Waals surface area contributed by atoms with Gasteiger partial charge in [0.2, 0.25) is 5.91 Å². The highest BCUT2D eigenvalue weighted by molar-refractivity contribution is 6.30. The first-order valence-corrected chi connectivity index (χ1v) is 8.98. The van der Waals surface area contributed by atoms with Gasteiger partial charge in [0.05, 0.1) is 5.69 Å². The number of benzene rings is 1. The third-order valence-electron chi connectivity index (χ3n) is 4.91. The predicted molar refractivity (Wildman–Crippen MR) is 97.9 cm³/mol. The standard InChI is InChI=1S/C19H24ClN3O2/c1-14-10-15(2)23(22-14)12-18(24)21-13-19(6-8-25-9-7-19)16-4-3-5-17(20)11-16/h3-5,10-11H,6-9,12-13H2,1-2H3,(H,21,24). The van der Waals surface area contributed by atoms with Crippen LogP contribution in [0.4, 0.5) is 0 Å². The summed E-state index contributed by atoms with van der Waals surface area (Å²) < 4.78 is 7.27. The number of carbonyl (C=O) groups is 1. The Balaban J connectivity index is 1.71. The number of nitrogens with one attached hydrogen (secondary N) is 1. The quantitative estimate of drug-likeness (QED) is 0.890. The molecule has 1 fully saturated rings. The number of nitrogens with zero attached hydrogens (tertiary/aromatic N) is 2. The van der Waals surface area contributed by atoms with Crippen molar-refractivity contribution in [3.05, 3.63) is 52.3 Å². The molecule has 5 nitrogen and oxygen atoms in total. The molecule has 1 aliphatic heterocycles. The zero-order valence-corrected chi connectivity index (χ0v) is 15.5. The first-order valence-electron chi connectivity index (χ1n) is 8.60. The third-order valence-corrected chi connectivity index (χ3v) is 5.14. The van der Waals surface area contributed by atoms with E-state index in [1.54, 1.807) is 4.68 Å². The molecule has 1 aliphatic rings. The number of halogens is 1. The van der Waals surface area contributed by atoms with E-state index in [0.29, 0.717) is 19.8 Å². The Labute approximate surface area is 153 Å². The minimum atomic E-state index is -0.131. The lowest BCUT2D eigenvalue weighted by molar-refractivity contribution is -0.122. The van der Waals surface area contributed by atoms with E-state index in [9.17, 15) is 4.79 Å². The first-order chi connectivity index (χ1) is 12.0. The Morgan fingerprint density at radius 2 is 2.08 bits per heavy atom. The largest absolute Gasteiger partial charge is 0.381 e. The van der Waals surface area contributed by atoms with Crippen LogP contribution in [0.25, 0.3) is 0 Å². The summed E-state index contributed by atoms with van der Waals surface area (Å²) in [5.74, 6) is -0.0286. The fourth-order valence-corrected chi connectivity index (χ4v) is 3.63. The van der Waals surface area contributed by atoms with E-state index in [0.717, 1.165) is 34.8 Å². The molecule has 1 aromatic heterocycles. The summed E-state index contributed by atoms with van der Waals surface area (Å²) in [7, 11) is 0. The van der Waals surface area contributed by atoms with Crippen LogP contribution in [0.1, 0.15) is 29.8 Å². The van der Waals surface area contributed by atoms with E-state index in [4.69, 9.17) is 16.3 Å². The Morgan fingerprint density at radius 1 is 1.32 bits per heavy atom. The molecular weight excluding hydrogens is 338 g/mol. The fourth-order valence-electron chi connectivity index (χ4n) is 3.44. The monoisotopic (exact) mass is 361 g/mol. The summed E-state index contributed by atoms with van der Waals surface area (Å²) in [4.78, 5) is 12.4. The third kappa shape index (κ3) is 4.22.